The Labute approximate surface area is 150 Å². The summed E-state index contributed by atoms with van der Waals surface area (Å²) in [6, 6.07) is 16.9. The molecule has 5 aromatic rings. The van der Waals surface area contributed by atoms with Crippen molar-refractivity contribution in [3.63, 3.8) is 0 Å². The molecule has 0 aliphatic rings. The predicted octanol–water partition coefficient (Wildman–Crippen LogP) is 4.63. The van der Waals surface area contributed by atoms with Crippen LogP contribution in [0.2, 0.25) is 0 Å². The number of halogens is 1. The van der Waals surface area contributed by atoms with Gasteiger partial charge in [0.2, 0.25) is 0 Å². The molecule has 2 heterocycles. The van der Waals surface area contributed by atoms with E-state index < -0.39 is 0 Å². The molecular formula is C21H12BrNO2. The van der Waals surface area contributed by atoms with Crippen LogP contribution in [-0.2, 0) is 0 Å². The van der Waals surface area contributed by atoms with E-state index in [2.05, 4.69) is 20.3 Å². The second-order valence-electron chi connectivity index (χ2n) is 6.38. The molecule has 0 fully saturated rings. The summed E-state index contributed by atoms with van der Waals surface area (Å²) in [5, 5.41) is 2.46. The smallest absolute Gasteiger partial charge is 0.197 e. The Bertz CT molecular complexity index is 1340. The highest BCUT2D eigenvalue weighted by molar-refractivity contribution is 9.10. The minimum Gasteiger partial charge on any atom is -0.307 e. The van der Waals surface area contributed by atoms with Gasteiger partial charge >= 0.3 is 0 Å². The molecule has 2 aromatic heterocycles. The molecule has 5 rings (SSSR count). The van der Waals surface area contributed by atoms with E-state index in [0.29, 0.717) is 27.1 Å². The van der Waals surface area contributed by atoms with Crippen LogP contribution in [0.15, 0.2) is 68.7 Å². The Balaban J connectivity index is 2.33. The zero-order chi connectivity index (χ0) is 17.3. The first kappa shape index (κ1) is 14.6. The summed E-state index contributed by atoms with van der Waals surface area (Å²) < 4.78 is 2.95. The monoisotopic (exact) mass is 389 g/mol. The summed E-state index contributed by atoms with van der Waals surface area (Å²) in [7, 11) is 0. The number of hydrogen-bond acceptors (Lipinski definition) is 2. The van der Waals surface area contributed by atoms with E-state index in [1.165, 1.54) is 0 Å². The Hall–Kier alpha value is -2.72. The minimum absolute atomic E-state index is 0.0330. The fourth-order valence-corrected chi connectivity index (χ4v) is 4.06. The molecule has 25 heavy (non-hydrogen) atoms. The Morgan fingerprint density at radius 1 is 0.760 bits per heavy atom. The zero-order valence-electron chi connectivity index (χ0n) is 13.3. The third kappa shape index (κ3) is 1.86. The molecule has 0 amide bonds. The van der Waals surface area contributed by atoms with Crippen LogP contribution < -0.4 is 10.9 Å². The molecule has 0 saturated heterocycles. The number of rotatable bonds is 0. The Kier molecular flexibility index (Phi) is 2.86. The van der Waals surface area contributed by atoms with Crippen molar-refractivity contribution in [2.45, 2.75) is 6.92 Å². The van der Waals surface area contributed by atoms with Crippen LogP contribution >= 0.6 is 15.9 Å². The van der Waals surface area contributed by atoms with Gasteiger partial charge in [0.15, 0.2) is 10.9 Å². The number of pyridine rings is 2. The molecular weight excluding hydrogens is 378 g/mol. The van der Waals surface area contributed by atoms with Gasteiger partial charge in [-0.15, -0.1) is 0 Å². The van der Waals surface area contributed by atoms with Crippen molar-refractivity contribution in [1.29, 1.82) is 0 Å². The predicted molar refractivity (Wildman–Crippen MR) is 106 cm³/mol. The normalized spacial score (nSPS) is 11.9. The van der Waals surface area contributed by atoms with E-state index in [0.717, 1.165) is 21.1 Å². The fourth-order valence-electron chi connectivity index (χ4n) is 3.71. The van der Waals surface area contributed by atoms with E-state index in [-0.39, 0.29) is 10.9 Å². The molecule has 0 aliphatic carbocycles. The van der Waals surface area contributed by atoms with Crippen molar-refractivity contribution < 1.29 is 0 Å². The maximum Gasteiger partial charge on any atom is 0.197 e. The summed E-state index contributed by atoms with van der Waals surface area (Å²) in [5.74, 6) is 0. The van der Waals surface area contributed by atoms with Crippen LogP contribution in [0.4, 0.5) is 0 Å². The fraction of sp³-hybridized carbons (Fsp3) is 0.0476. The van der Waals surface area contributed by atoms with Gasteiger partial charge in [0, 0.05) is 26.0 Å². The second kappa shape index (κ2) is 4.90. The van der Waals surface area contributed by atoms with Gasteiger partial charge < -0.3 is 4.40 Å². The summed E-state index contributed by atoms with van der Waals surface area (Å²) in [5.41, 5.74) is 3.33. The van der Waals surface area contributed by atoms with Crippen molar-refractivity contribution in [1.82, 2.24) is 4.40 Å². The first-order chi connectivity index (χ1) is 12.1. The van der Waals surface area contributed by atoms with Crippen LogP contribution in [0.25, 0.3) is 38.1 Å². The Morgan fingerprint density at radius 3 is 2.04 bits per heavy atom. The van der Waals surface area contributed by atoms with Gasteiger partial charge in [0.05, 0.1) is 16.6 Å². The van der Waals surface area contributed by atoms with Gasteiger partial charge in [-0.2, -0.15) is 0 Å². The van der Waals surface area contributed by atoms with E-state index in [1.54, 1.807) is 18.2 Å². The topological polar surface area (TPSA) is 38.5 Å². The number of hydrogen-bond donors (Lipinski definition) is 0. The molecule has 120 valence electrons. The lowest BCUT2D eigenvalue weighted by molar-refractivity contribution is 1.30. The first-order valence-electron chi connectivity index (χ1n) is 7.99. The maximum atomic E-state index is 13.0. The molecule has 0 saturated carbocycles. The van der Waals surface area contributed by atoms with Gasteiger partial charge in [-0.1, -0.05) is 28.1 Å². The summed E-state index contributed by atoms with van der Waals surface area (Å²) in [6.45, 7) is 2.00. The number of aromatic nitrogens is 1. The average Bonchev–Trinajstić information content (AvgIpc) is 2.60. The molecule has 0 atom stereocenters. The quantitative estimate of drug-likeness (QED) is 0.286. The highest BCUT2D eigenvalue weighted by Crippen LogP contribution is 2.28. The van der Waals surface area contributed by atoms with Crippen LogP contribution in [0, 0.1) is 6.92 Å². The summed E-state index contributed by atoms with van der Waals surface area (Å²) in [4.78, 5) is 26.0. The molecule has 0 unspecified atom stereocenters. The van der Waals surface area contributed by atoms with Crippen molar-refractivity contribution in [3.05, 3.63) is 85.1 Å². The van der Waals surface area contributed by atoms with Crippen LogP contribution in [0.1, 0.15) is 5.56 Å². The highest BCUT2D eigenvalue weighted by atomic mass is 79.9. The first-order valence-corrected chi connectivity index (χ1v) is 8.78. The third-order valence-corrected chi connectivity index (χ3v) is 5.33. The van der Waals surface area contributed by atoms with E-state index in [9.17, 15) is 9.59 Å². The summed E-state index contributed by atoms with van der Waals surface area (Å²) >= 11 is 3.50. The largest absolute Gasteiger partial charge is 0.307 e. The van der Waals surface area contributed by atoms with E-state index in [4.69, 9.17) is 0 Å². The van der Waals surface area contributed by atoms with Crippen LogP contribution in [0.3, 0.4) is 0 Å². The van der Waals surface area contributed by atoms with Crippen molar-refractivity contribution in [3.8, 4) is 0 Å². The number of para-hydroxylation sites is 1. The lowest BCUT2D eigenvalue weighted by Crippen LogP contribution is -2.14. The van der Waals surface area contributed by atoms with E-state index >= 15 is 0 Å². The molecule has 0 bridgehead atoms. The van der Waals surface area contributed by atoms with Crippen molar-refractivity contribution in [2.75, 3.05) is 0 Å². The number of nitrogens with zero attached hydrogens (tertiary/aromatic N) is 1. The van der Waals surface area contributed by atoms with Gasteiger partial charge in [0.1, 0.15) is 0 Å². The lowest BCUT2D eigenvalue weighted by atomic mass is 10.0. The maximum absolute atomic E-state index is 13.0. The summed E-state index contributed by atoms with van der Waals surface area (Å²) in [6.07, 6.45) is 0. The highest BCUT2D eigenvalue weighted by Gasteiger charge is 2.16. The molecule has 3 nitrogen and oxygen atoms in total. The number of aryl methyl sites for hydroxylation is 1. The lowest BCUT2D eigenvalue weighted by Gasteiger charge is -2.14. The molecule has 4 heteroatoms. The van der Waals surface area contributed by atoms with Crippen molar-refractivity contribution in [2.24, 2.45) is 0 Å². The minimum atomic E-state index is -0.0421. The van der Waals surface area contributed by atoms with E-state index in [1.807, 2.05) is 43.3 Å². The third-order valence-electron chi connectivity index (χ3n) is 4.83. The van der Waals surface area contributed by atoms with Gasteiger partial charge in [-0.25, -0.2) is 0 Å². The SMILES string of the molecule is Cc1ccc2c(=O)c3cccc4c(=O)c5ccc(Br)cc5n(c2c1)c34. The van der Waals surface area contributed by atoms with Crippen molar-refractivity contribution >= 4 is 54.0 Å². The molecule has 0 aliphatic heterocycles. The van der Waals surface area contributed by atoms with Gasteiger partial charge in [0.25, 0.3) is 0 Å². The zero-order valence-corrected chi connectivity index (χ0v) is 14.9. The van der Waals surface area contributed by atoms with Gasteiger partial charge in [-0.05, 0) is 55.0 Å². The standard InChI is InChI=1S/C21H12BrNO2/c1-11-5-7-13-17(9-11)23-18-10-12(22)6-8-14(18)21(25)16-4-2-3-15(19(16)23)20(13)24/h2-10H,1H3. The molecule has 0 spiro atoms. The number of benzene rings is 3. The Morgan fingerprint density at radius 2 is 1.36 bits per heavy atom. The second-order valence-corrected chi connectivity index (χ2v) is 7.29. The molecule has 3 aromatic carbocycles. The molecule has 0 N–H and O–H groups in total. The van der Waals surface area contributed by atoms with Gasteiger partial charge in [-0.3, -0.25) is 9.59 Å². The number of fused-ring (bicyclic) bond motifs is 4. The van der Waals surface area contributed by atoms with Crippen LogP contribution in [0.5, 0.6) is 0 Å². The molecule has 0 radical (unpaired) electrons. The average molecular weight is 390 g/mol. The van der Waals surface area contributed by atoms with Crippen LogP contribution in [-0.4, -0.2) is 4.40 Å².